The van der Waals surface area contributed by atoms with E-state index in [0.29, 0.717) is 5.41 Å². The molecule has 1 aliphatic carbocycles. The van der Waals surface area contributed by atoms with E-state index in [2.05, 4.69) is 21.7 Å². The SMILES string of the molecule is CNCC1(c2csc(-c3ccc[nH]3)n2)CCC1. The molecule has 1 fully saturated rings. The van der Waals surface area contributed by atoms with Gasteiger partial charge in [-0.25, -0.2) is 4.98 Å². The van der Waals surface area contributed by atoms with Gasteiger partial charge in [-0.3, -0.25) is 0 Å². The molecular formula is C13H17N3S. The normalized spacial score (nSPS) is 17.9. The molecule has 0 bridgehead atoms. The number of nitrogens with one attached hydrogen (secondary N) is 2. The molecule has 3 nitrogen and oxygen atoms in total. The second-order valence-corrected chi connectivity index (χ2v) is 5.64. The lowest BCUT2D eigenvalue weighted by Crippen LogP contribution is -2.43. The predicted octanol–water partition coefficient (Wildman–Crippen LogP) is 2.78. The van der Waals surface area contributed by atoms with Crippen LogP contribution in [0.1, 0.15) is 25.0 Å². The van der Waals surface area contributed by atoms with Gasteiger partial charge in [-0.2, -0.15) is 0 Å². The second kappa shape index (κ2) is 4.27. The summed E-state index contributed by atoms with van der Waals surface area (Å²) in [5, 5.41) is 6.64. The number of nitrogens with zero attached hydrogens (tertiary/aromatic N) is 1. The molecule has 0 unspecified atom stereocenters. The maximum atomic E-state index is 4.81. The van der Waals surface area contributed by atoms with Gasteiger partial charge in [0, 0.05) is 23.5 Å². The number of hydrogen-bond acceptors (Lipinski definition) is 3. The standard InChI is InChI=1S/C13H17N3S/c1-14-9-13(5-3-6-13)11-8-17-12(16-11)10-4-2-7-15-10/h2,4,7-8,14-15H,3,5-6,9H2,1H3. The molecular weight excluding hydrogens is 230 g/mol. The van der Waals surface area contributed by atoms with E-state index in [-0.39, 0.29) is 0 Å². The number of thiazole rings is 1. The van der Waals surface area contributed by atoms with E-state index >= 15 is 0 Å². The zero-order chi connectivity index (χ0) is 11.7. The number of aromatic amines is 1. The highest BCUT2D eigenvalue weighted by molar-refractivity contribution is 7.13. The Hall–Kier alpha value is -1.13. The van der Waals surface area contributed by atoms with Crippen LogP contribution in [0.4, 0.5) is 0 Å². The van der Waals surface area contributed by atoms with Crippen molar-refractivity contribution < 1.29 is 0 Å². The predicted molar refractivity (Wildman–Crippen MR) is 71.4 cm³/mol. The summed E-state index contributed by atoms with van der Waals surface area (Å²) in [5.74, 6) is 0. The molecule has 0 aromatic carbocycles. The molecule has 0 radical (unpaired) electrons. The van der Waals surface area contributed by atoms with Crippen molar-refractivity contribution in [1.82, 2.24) is 15.3 Å². The Morgan fingerprint density at radius 3 is 3.00 bits per heavy atom. The first-order valence-electron chi connectivity index (χ1n) is 6.08. The topological polar surface area (TPSA) is 40.7 Å². The summed E-state index contributed by atoms with van der Waals surface area (Å²) in [6.07, 6.45) is 5.81. The smallest absolute Gasteiger partial charge is 0.139 e. The van der Waals surface area contributed by atoms with Crippen molar-refractivity contribution >= 4 is 11.3 Å². The van der Waals surface area contributed by atoms with Crippen LogP contribution in [0.25, 0.3) is 10.7 Å². The first-order chi connectivity index (χ1) is 8.34. The fourth-order valence-electron chi connectivity index (χ4n) is 2.57. The third-order valence-corrected chi connectivity index (χ3v) is 4.58. The van der Waals surface area contributed by atoms with Gasteiger partial charge in [0.25, 0.3) is 0 Å². The molecule has 0 aliphatic heterocycles. The van der Waals surface area contributed by atoms with Crippen molar-refractivity contribution in [2.45, 2.75) is 24.7 Å². The van der Waals surface area contributed by atoms with Crippen molar-refractivity contribution in [2.75, 3.05) is 13.6 Å². The lowest BCUT2D eigenvalue weighted by atomic mass is 9.67. The second-order valence-electron chi connectivity index (χ2n) is 4.79. The average molecular weight is 247 g/mol. The summed E-state index contributed by atoms with van der Waals surface area (Å²) in [4.78, 5) is 8.03. The van der Waals surface area contributed by atoms with E-state index < -0.39 is 0 Å². The number of H-pyrrole nitrogens is 1. The van der Waals surface area contributed by atoms with Crippen LogP contribution in [0, 0.1) is 0 Å². The van der Waals surface area contributed by atoms with Crippen LogP contribution in [-0.2, 0) is 5.41 Å². The number of aromatic nitrogens is 2. The van der Waals surface area contributed by atoms with Crippen molar-refractivity contribution in [2.24, 2.45) is 0 Å². The summed E-state index contributed by atoms with van der Waals surface area (Å²) in [6.45, 7) is 1.04. The Balaban J connectivity index is 1.89. The van der Waals surface area contributed by atoms with Crippen LogP contribution in [-0.4, -0.2) is 23.6 Å². The third kappa shape index (κ3) is 1.81. The zero-order valence-corrected chi connectivity index (χ0v) is 10.8. The molecule has 0 saturated heterocycles. The van der Waals surface area contributed by atoms with Gasteiger partial charge < -0.3 is 10.3 Å². The molecule has 1 aliphatic rings. The molecule has 2 N–H and O–H groups in total. The summed E-state index contributed by atoms with van der Waals surface area (Å²) in [5.41, 5.74) is 2.70. The van der Waals surface area contributed by atoms with Gasteiger partial charge in [0.15, 0.2) is 0 Å². The highest BCUT2D eigenvalue weighted by Gasteiger charge is 2.40. The Kier molecular flexibility index (Phi) is 2.76. The van der Waals surface area contributed by atoms with E-state index in [1.807, 2.05) is 19.3 Å². The van der Waals surface area contributed by atoms with Crippen LogP contribution in [0.2, 0.25) is 0 Å². The molecule has 2 heterocycles. The lowest BCUT2D eigenvalue weighted by Gasteiger charge is -2.40. The van der Waals surface area contributed by atoms with Gasteiger partial charge in [0.2, 0.25) is 0 Å². The molecule has 1 saturated carbocycles. The van der Waals surface area contributed by atoms with Gasteiger partial charge in [-0.1, -0.05) is 6.42 Å². The Morgan fingerprint density at radius 2 is 2.41 bits per heavy atom. The quantitative estimate of drug-likeness (QED) is 0.872. The minimum atomic E-state index is 0.302. The first kappa shape index (κ1) is 11.0. The fourth-order valence-corrected chi connectivity index (χ4v) is 3.50. The van der Waals surface area contributed by atoms with Crippen molar-refractivity contribution in [3.05, 3.63) is 29.4 Å². The third-order valence-electron chi connectivity index (χ3n) is 3.70. The van der Waals surface area contributed by atoms with Gasteiger partial charge in [0.05, 0.1) is 11.4 Å². The summed E-state index contributed by atoms with van der Waals surface area (Å²) in [6, 6.07) is 4.09. The largest absolute Gasteiger partial charge is 0.359 e. The number of likely N-dealkylation sites (N-methyl/N-ethyl adjacent to an activating group) is 1. The number of hydrogen-bond donors (Lipinski definition) is 2. The van der Waals surface area contributed by atoms with Crippen LogP contribution >= 0.6 is 11.3 Å². The maximum Gasteiger partial charge on any atom is 0.139 e. The van der Waals surface area contributed by atoms with Crippen LogP contribution < -0.4 is 5.32 Å². The molecule has 2 aromatic heterocycles. The van der Waals surface area contributed by atoms with Crippen LogP contribution in [0.5, 0.6) is 0 Å². The summed E-state index contributed by atoms with van der Waals surface area (Å²) in [7, 11) is 2.03. The molecule has 0 spiro atoms. The monoisotopic (exact) mass is 247 g/mol. The molecule has 90 valence electrons. The van der Waals surface area contributed by atoms with Gasteiger partial charge >= 0.3 is 0 Å². The van der Waals surface area contributed by atoms with Gasteiger partial charge in [0.1, 0.15) is 5.01 Å². The van der Waals surface area contributed by atoms with Crippen molar-refractivity contribution in [1.29, 1.82) is 0 Å². The molecule has 3 rings (SSSR count). The van der Waals surface area contributed by atoms with E-state index in [0.717, 1.165) is 17.2 Å². The van der Waals surface area contributed by atoms with E-state index in [9.17, 15) is 0 Å². The molecule has 0 atom stereocenters. The van der Waals surface area contributed by atoms with E-state index in [4.69, 9.17) is 4.98 Å². The number of rotatable bonds is 4. The van der Waals surface area contributed by atoms with Crippen molar-refractivity contribution in [3.63, 3.8) is 0 Å². The zero-order valence-electron chi connectivity index (χ0n) is 9.99. The van der Waals surface area contributed by atoms with Crippen LogP contribution in [0.3, 0.4) is 0 Å². The van der Waals surface area contributed by atoms with Gasteiger partial charge in [-0.05, 0) is 32.0 Å². The molecule has 4 heteroatoms. The highest BCUT2D eigenvalue weighted by Crippen LogP contribution is 2.44. The Morgan fingerprint density at radius 1 is 1.53 bits per heavy atom. The lowest BCUT2D eigenvalue weighted by molar-refractivity contribution is 0.233. The summed E-state index contributed by atoms with van der Waals surface area (Å²) < 4.78 is 0. The van der Waals surface area contributed by atoms with E-state index in [1.165, 1.54) is 25.0 Å². The highest BCUT2D eigenvalue weighted by atomic mass is 32.1. The average Bonchev–Trinajstić information content (AvgIpc) is 2.92. The Labute approximate surface area is 105 Å². The molecule has 0 amide bonds. The fraction of sp³-hybridized carbons (Fsp3) is 0.462. The van der Waals surface area contributed by atoms with Crippen LogP contribution in [0.15, 0.2) is 23.7 Å². The Bertz CT molecular complexity index is 482. The summed E-state index contributed by atoms with van der Waals surface area (Å²) >= 11 is 1.74. The van der Waals surface area contributed by atoms with Gasteiger partial charge in [-0.15, -0.1) is 11.3 Å². The van der Waals surface area contributed by atoms with Crippen molar-refractivity contribution in [3.8, 4) is 10.7 Å². The first-order valence-corrected chi connectivity index (χ1v) is 6.96. The van der Waals surface area contributed by atoms with E-state index in [1.54, 1.807) is 11.3 Å². The minimum Gasteiger partial charge on any atom is -0.359 e. The molecule has 2 aromatic rings. The minimum absolute atomic E-state index is 0.302. The molecule has 17 heavy (non-hydrogen) atoms. The maximum absolute atomic E-state index is 4.81.